The standard InChI is InChI=1S/C21H21NO6/c1-27-20(25)15-11-12-16(21(26)28-2)17(13-15)22-19(24)10-6-9-18(23)14-7-4-3-5-8-14/h3-5,7-8,11-13H,6,9-10H2,1-2H3,(H,22,24). The van der Waals surface area contributed by atoms with Gasteiger partial charge in [0.2, 0.25) is 5.91 Å². The number of ether oxygens (including phenoxy) is 2. The molecule has 1 N–H and O–H groups in total. The Bertz CT molecular complexity index is 876. The second kappa shape index (κ2) is 10.0. The number of hydrogen-bond acceptors (Lipinski definition) is 6. The summed E-state index contributed by atoms with van der Waals surface area (Å²) in [6.45, 7) is 0. The summed E-state index contributed by atoms with van der Waals surface area (Å²) in [6.07, 6.45) is 0.662. The maximum Gasteiger partial charge on any atom is 0.339 e. The molecule has 0 radical (unpaired) electrons. The maximum atomic E-state index is 12.3. The predicted molar refractivity (Wildman–Crippen MR) is 102 cm³/mol. The van der Waals surface area contributed by atoms with Gasteiger partial charge in [-0.15, -0.1) is 0 Å². The topological polar surface area (TPSA) is 98.8 Å². The van der Waals surface area contributed by atoms with Gasteiger partial charge in [-0.1, -0.05) is 30.3 Å². The molecule has 0 heterocycles. The molecule has 0 saturated carbocycles. The zero-order chi connectivity index (χ0) is 20.5. The molecule has 28 heavy (non-hydrogen) atoms. The van der Waals surface area contributed by atoms with E-state index in [0.717, 1.165) is 0 Å². The van der Waals surface area contributed by atoms with Gasteiger partial charge in [0.25, 0.3) is 0 Å². The molecule has 0 saturated heterocycles. The fraction of sp³-hybridized carbons (Fsp3) is 0.238. The number of amides is 1. The number of anilines is 1. The molecule has 0 fully saturated rings. The van der Waals surface area contributed by atoms with Crippen LogP contribution in [0.3, 0.4) is 0 Å². The van der Waals surface area contributed by atoms with Crippen molar-refractivity contribution >= 4 is 29.3 Å². The van der Waals surface area contributed by atoms with Crippen LogP contribution in [0.2, 0.25) is 0 Å². The SMILES string of the molecule is COC(=O)c1ccc(C(=O)OC)c(NC(=O)CCCC(=O)c2ccccc2)c1. The normalized spacial score (nSPS) is 10.1. The summed E-state index contributed by atoms with van der Waals surface area (Å²) < 4.78 is 9.35. The number of carbonyl (C=O) groups excluding carboxylic acids is 4. The Kier molecular flexibility index (Phi) is 7.45. The summed E-state index contributed by atoms with van der Waals surface area (Å²) in [5.74, 6) is -1.67. The van der Waals surface area contributed by atoms with Crippen molar-refractivity contribution in [3.63, 3.8) is 0 Å². The summed E-state index contributed by atoms with van der Waals surface area (Å²) in [5.41, 5.74) is 1.05. The monoisotopic (exact) mass is 383 g/mol. The summed E-state index contributed by atoms with van der Waals surface area (Å²) in [7, 11) is 2.45. The Morgan fingerprint density at radius 3 is 2.14 bits per heavy atom. The van der Waals surface area contributed by atoms with E-state index < -0.39 is 11.9 Å². The first-order valence-corrected chi connectivity index (χ1v) is 8.65. The molecule has 0 spiro atoms. The van der Waals surface area contributed by atoms with Crippen LogP contribution in [0.25, 0.3) is 0 Å². The van der Waals surface area contributed by atoms with Gasteiger partial charge < -0.3 is 14.8 Å². The van der Waals surface area contributed by atoms with Crippen molar-refractivity contribution in [1.82, 2.24) is 0 Å². The number of carbonyl (C=O) groups is 4. The van der Waals surface area contributed by atoms with Gasteiger partial charge in [-0.25, -0.2) is 9.59 Å². The van der Waals surface area contributed by atoms with Crippen molar-refractivity contribution in [3.05, 3.63) is 65.2 Å². The lowest BCUT2D eigenvalue weighted by atomic mass is 10.1. The summed E-state index contributed by atoms with van der Waals surface area (Å²) >= 11 is 0. The van der Waals surface area contributed by atoms with Gasteiger partial charge in [0, 0.05) is 18.4 Å². The zero-order valence-corrected chi connectivity index (χ0v) is 15.7. The Balaban J connectivity index is 2.02. The van der Waals surface area contributed by atoms with Crippen LogP contribution < -0.4 is 5.32 Å². The lowest BCUT2D eigenvalue weighted by molar-refractivity contribution is -0.116. The molecule has 7 nitrogen and oxygen atoms in total. The van der Waals surface area contributed by atoms with Crippen molar-refractivity contribution < 1.29 is 28.7 Å². The van der Waals surface area contributed by atoms with Gasteiger partial charge in [-0.2, -0.15) is 0 Å². The van der Waals surface area contributed by atoms with Crippen molar-refractivity contribution in [2.45, 2.75) is 19.3 Å². The van der Waals surface area contributed by atoms with E-state index in [0.29, 0.717) is 12.0 Å². The first kappa shape index (κ1) is 20.8. The Morgan fingerprint density at radius 2 is 1.50 bits per heavy atom. The largest absolute Gasteiger partial charge is 0.465 e. The van der Waals surface area contributed by atoms with Crippen LogP contribution in [0.1, 0.15) is 50.3 Å². The highest BCUT2D eigenvalue weighted by molar-refractivity contribution is 6.03. The Labute approximate surface area is 162 Å². The van der Waals surface area contributed by atoms with Crippen LogP contribution in [0.5, 0.6) is 0 Å². The van der Waals surface area contributed by atoms with Crippen LogP contribution in [-0.2, 0) is 14.3 Å². The molecule has 7 heteroatoms. The third-order valence-corrected chi connectivity index (χ3v) is 4.02. The Hall–Kier alpha value is -3.48. The smallest absolute Gasteiger partial charge is 0.339 e. The van der Waals surface area contributed by atoms with Crippen LogP contribution in [0, 0.1) is 0 Å². The van der Waals surface area contributed by atoms with Crippen LogP contribution in [-0.4, -0.2) is 37.8 Å². The first-order chi connectivity index (χ1) is 13.5. The van der Waals surface area contributed by atoms with E-state index >= 15 is 0 Å². The number of benzene rings is 2. The molecule has 0 bridgehead atoms. The third kappa shape index (κ3) is 5.51. The molecule has 0 aliphatic rings. The van der Waals surface area contributed by atoms with E-state index in [9.17, 15) is 19.2 Å². The molecular weight excluding hydrogens is 362 g/mol. The quantitative estimate of drug-likeness (QED) is 0.555. The van der Waals surface area contributed by atoms with E-state index in [-0.39, 0.29) is 41.3 Å². The number of methoxy groups -OCH3 is 2. The molecule has 2 rings (SSSR count). The summed E-state index contributed by atoms with van der Waals surface area (Å²) in [5, 5.41) is 2.60. The molecule has 0 unspecified atom stereocenters. The minimum Gasteiger partial charge on any atom is -0.465 e. The van der Waals surface area contributed by atoms with E-state index in [4.69, 9.17) is 4.74 Å². The Morgan fingerprint density at radius 1 is 0.821 bits per heavy atom. The molecular formula is C21H21NO6. The van der Waals surface area contributed by atoms with Crippen LogP contribution in [0.15, 0.2) is 48.5 Å². The lowest BCUT2D eigenvalue weighted by Gasteiger charge is -2.11. The minimum absolute atomic E-state index is 0.0451. The molecule has 1 amide bonds. The fourth-order valence-corrected chi connectivity index (χ4v) is 2.57. The molecule has 0 atom stereocenters. The predicted octanol–water partition coefficient (Wildman–Crippen LogP) is 3.25. The van der Waals surface area contributed by atoms with Crippen LogP contribution >= 0.6 is 0 Å². The number of nitrogens with one attached hydrogen (secondary N) is 1. The second-order valence-corrected chi connectivity index (χ2v) is 5.93. The zero-order valence-electron chi connectivity index (χ0n) is 15.7. The van der Waals surface area contributed by atoms with E-state index in [1.54, 1.807) is 24.3 Å². The van der Waals surface area contributed by atoms with Gasteiger partial charge in [0.1, 0.15) is 0 Å². The van der Waals surface area contributed by atoms with Crippen molar-refractivity contribution in [2.75, 3.05) is 19.5 Å². The summed E-state index contributed by atoms with van der Waals surface area (Å²) in [4.78, 5) is 47.9. The van der Waals surface area contributed by atoms with Crippen molar-refractivity contribution in [2.24, 2.45) is 0 Å². The fourth-order valence-electron chi connectivity index (χ4n) is 2.57. The highest BCUT2D eigenvalue weighted by Crippen LogP contribution is 2.20. The van der Waals surface area contributed by atoms with E-state index in [1.165, 1.54) is 32.4 Å². The number of Topliss-reactive ketones (excluding diaryl/α,β-unsaturated/α-hetero) is 1. The van der Waals surface area contributed by atoms with E-state index in [1.807, 2.05) is 6.07 Å². The molecule has 0 aliphatic heterocycles. The molecule has 146 valence electrons. The first-order valence-electron chi connectivity index (χ1n) is 8.65. The van der Waals surface area contributed by atoms with Gasteiger partial charge in [0.15, 0.2) is 5.78 Å². The number of esters is 2. The minimum atomic E-state index is -0.647. The summed E-state index contributed by atoms with van der Waals surface area (Å²) in [6, 6.07) is 13.0. The highest BCUT2D eigenvalue weighted by Gasteiger charge is 2.17. The molecule has 0 aromatic heterocycles. The number of rotatable bonds is 8. The van der Waals surface area contributed by atoms with E-state index in [2.05, 4.69) is 10.1 Å². The molecule has 2 aromatic carbocycles. The third-order valence-electron chi connectivity index (χ3n) is 4.02. The van der Waals surface area contributed by atoms with Gasteiger partial charge in [-0.05, 0) is 24.6 Å². The average Bonchev–Trinajstić information content (AvgIpc) is 2.73. The van der Waals surface area contributed by atoms with Crippen molar-refractivity contribution in [3.8, 4) is 0 Å². The van der Waals surface area contributed by atoms with Gasteiger partial charge >= 0.3 is 11.9 Å². The number of ketones is 1. The maximum absolute atomic E-state index is 12.3. The van der Waals surface area contributed by atoms with Gasteiger partial charge in [0.05, 0.1) is 31.0 Å². The second-order valence-electron chi connectivity index (χ2n) is 5.93. The average molecular weight is 383 g/mol. The number of hydrogen-bond donors (Lipinski definition) is 1. The molecule has 0 aliphatic carbocycles. The molecule has 2 aromatic rings. The van der Waals surface area contributed by atoms with Crippen molar-refractivity contribution in [1.29, 1.82) is 0 Å². The van der Waals surface area contributed by atoms with Gasteiger partial charge in [-0.3, -0.25) is 9.59 Å². The van der Waals surface area contributed by atoms with Crippen LogP contribution in [0.4, 0.5) is 5.69 Å². The lowest BCUT2D eigenvalue weighted by Crippen LogP contribution is -2.16. The highest BCUT2D eigenvalue weighted by atomic mass is 16.5.